The highest BCUT2D eigenvalue weighted by atomic mass is 79.9. The summed E-state index contributed by atoms with van der Waals surface area (Å²) in [6.45, 7) is 0. The number of sulfone groups is 1. The van der Waals surface area contributed by atoms with Gasteiger partial charge in [-0.2, -0.15) is 0 Å². The van der Waals surface area contributed by atoms with Crippen molar-refractivity contribution in [1.82, 2.24) is 0 Å². The Morgan fingerprint density at radius 1 is 1.53 bits per heavy atom. The fourth-order valence-electron chi connectivity index (χ4n) is 1.84. The Hall–Kier alpha value is -1.08. The van der Waals surface area contributed by atoms with Gasteiger partial charge in [0.05, 0.1) is 16.3 Å². The van der Waals surface area contributed by atoms with E-state index in [4.69, 9.17) is 5.11 Å². The first-order valence-corrected chi connectivity index (χ1v) is 7.25. The number of benzene rings is 1. The van der Waals surface area contributed by atoms with Crippen LogP contribution < -0.4 is 4.90 Å². The first kappa shape index (κ1) is 12.4. The molecule has 1 aromatic rings. The minimum Gasteiger partial charge on any atom is -0.480 e. The third-order valence-electron chi connectivity index (χ3n) is 2.77. The number of nitrogens with zero attached hydrogens (tertiary/aromatic N) is 1. The largest absolute Gasteiger partial charge is 0.480 e. The van der Waals surface area contributed by atoms with Gasteiger partial charge in [-0.1, -0.05) is 15.9 Å². The van der Waals surface area contributed by atoms with Crippen molar-refractivity contribution in [2.75, 3.05) is 17.7 Å². The minimum absolute atomic E-state index is 0.181. The maximum absolute atomic E-state index is 11.9. The van der Waals surface area contributed by atoms with Crippen LogP contribution in [0, 0.1) is 0 Å². The first-order chi connectivity index (χ1) is 7.83. The zero-order valence-corrected chi connectivity index (χ0v) is 11.3. The van der Waals surface area contributed by atoms with Crippen LogP contribution in [-0.4, -0.2) is 38.3 Å². The molecule has 2 rings (SSSR count). The monoisotopic (exact) mass is 319 g/mol. The molecule has 0 saturated carbocycles. The molecule has 0 aromatic heterocycles. The molecule has 0 radical (unpaired) electrons. The Kier molecular flexibility index (Phi) is 2.90. The minimum atomic E-state index is -3.53. The van der Waals surface area contributed by atoms with E-state index in [1.165, 1.54) is 11.0 Å². The van der Waals surface area contributed by atoms with Crippen molar-refractivity contribution in [1.29, 1.82) is 0 Å². The van der Waals surface area contributed by atoms with E-state index in [1.807, 2.05) is 0 Å². The summed E-state index contributed by atoms with van der Waals surface area (Å²) in [6, 6.07) is 3.69. The summed E-state index contributed by atoms with van der Waals surface area (Å²) < 4.78 is 24.6. The topological polar surface area (TPSA) is 74.7 Å². The fraction of sp³-hybridized carbons (Fsp3) is 0.300. The number of anilines is 1. The Balaban J connectivity index is 2.66. The van der Waals surface area contributed by atoms with Gasteiger partial charge >= 0.3 is 5.97 Å². The molecule has 1 atom stereocenters. The number of fused-ring (bicyclic) bond motifs is 1. The number of carboxylic acid groups (broad SMARTS) is 1. The van der Waals surface area contributed by atoms with Gasteiger partial charge in [0.2, 0.25) is 0 Å². The van der Waals surface area contributed by atoms with Gasteiger partial charge < -0.3 is 10.0 Å². The average molecular weight is 320 g/mol. The van der Waals surface area contributed by atoms with Crippen molar-refractivity contribution >= 4 is 37.4 Å². The predicted molar refractivity (Wildman–Crippen MR) is 66.0 cm³/mol. The highest BCUT2D eigenvalue weighted by molar-refractivity contribution is 9.10. The van der Waals surface area contributed by atoms with Crippen molar-refractivity contribution in [3.63, 3.8) is 0 Å². The molecule has 0 bridgehead atoms. The van der Waals surface area contributed by atoms with E-state index >= 15 is 0 Å². The number of carboxylic acids is 1. The maximum atomic E-state index is 11.9. The zero-order chi connectivity index (χ0) is 12.8. The second kappa shape index (κ2) is 3.99. The highest BCUT2D eigenvalue weighted by Crippen LogP contribution is 2.34. The first-order valence-electron chi connectivity index (χ1n) is 4.81. The van der Waals surface area contributed by atoms with Crippen LogP contribution in [0.3, 0.4) is 0 Å². The molecule has 1 unspecified atom stereocenters. The molecule has 1 N–H and O–H groups in total. The summed E-state index contributed by atoms with van der Waals surface area (Å²) in [5.74, 6) is -1.53. The molecule has 0 saturated heterocycles. The Labute approximate surface area is 107 Å². The van der Waals surface area contributed by atoms with Gasteiger partial charge in [0.25, 0.3) is 0 Å². The molecule has 0 fully saturated rings. The van der Waals surface area contributed by atoms with E-state index in [0.717, 1.165) is 0 Å². The second-order valence-corrected chi connectivity index (χ2v) is 6.78. The number of halogens is 1. The average Bonchev–Trinajstić information content (AvgIpc) is 2.23. The summed E-state index contributed by atoms with van der Waals surface area (Å²) >= 11 is 3.24. The molecule has 1 aliphatic heterocycles. The molecule has 5 nitrogen and oxygen atoms in total. The van der Waals surface area contributed by atoms with E-state index in [0.29, 0.717) is 10.2 Å². The van der Waals surface area contributed by atoms with Gasteiger partial charge in [0.1, 0.15) is 6.04 Å². The zero-order valence-electron chi connectivity index (χ0n) is 8.92. The lowest BCUT2D eigenvalue weighted by Gasteiger charge is -2.32. The van der Waals surface area contributed by atoms with E-state index in [2.05, 4.69) is 15.9 Å². The predicted octanol–water partition coefficient (Wildman–Crippen LogP) is 1.13. The lowest BCUT2D eigenvalue weighted by Crippen LogP contribution is -2.47. The van der Waals surface area contributed by atoms with Gasteiger partial charge in [-0.3, -0.25) is 0 Å². The summed E-state index contributed by atoms with van der Waals surface area (Å²) in [5, 5.41) is 9.02. The van der Waals surface area contributed by atoms with Crippen LogP contribution in [0.1, 0.15) is 0 Å². The Bertz CT molecular complexity index is 584. The van der Waals surface area contributed by atoms with Gasteiger partial charge in [0.15, 0.2) is 9.84 Å². The molecule has 17 heavy (non-hydrogen) atoms. The highest BCUT2D eigenvalue weighted by Gasteiger charge is 2.37. The third kappa shape index (κ3) is 2.04. The van der Waals surface area contributed by atoms with Crippen LogP contribution in [-0.2, 0) is 14.6 Å². The SMILES string of the molecule is CN1c2cc(Br)ccc2S(=O)(=O)CC1C(=O)O. The fourth-order valence-corrected chi connectivity index (χ4v) is 3.95. The molecule has 92 valence electrons. The third-order valence-corrected chi connectivity index (χ3v) is 5.03. The van der Waals surface area contributed by atoms with Crippen molar-refractivity contribution < 1.29 is 18.3 Å². The Morgan fingerprint density at radius 2 is 2.18 bits per heavy atom. The second-order valence-electron chi connectivity index (χ2n) is 3.86. The molecule has 1 heterocycles. The number of hydrogen-bond donors (Lipinski definition) is 1. The molecule has 0 spiro atoms. The number of hydrogen-bond acceptors (Lipinski definition) is 4. The van der Waals surface area contributed by atoms with Crippen LogP contribution in [0.5, 0.6) is 0 Å². The standard InChI is InChI=1S/C10H10BrNO4S/c1-12-7-4-6(11)2-3-9(7)17(15,16)5-8(12)10(13)14/h2-4,8H,5H2,1H3,(H,13,14). The van der Waals surface area contributed by atoms with Crippen LogP contribution in [0.25, 0.3) is 0 Å². The van der Waals surface area contributed by atoms with Crippen molar-refractivity contribution in [3.8, 4) is 0 Å². The van der Waals surface area contributed by atoms with Gasteiger partial charge in [0, 0.05) is 11.5 Å². The molecule has 1 aromatic carbocycles. The number of aliphatic carboxylic acids is 1. The lowest BCUT2D eigenvalue weighted by molar-refractivity contribution is -0.138. The van der Waals surface area contributed by atoms with E-state index in [1.54, 1.807) is 19.2 Å². The summed E-state index contributed by atoms with van der Waals surface area (Å²) in [5.41, 5.74) is 0.415. The van der Waals surface area contributed by atoms with Crippen molar-refractivity contribution in [2.24, 2.45) is 0 Å². The van der Waals surface area contributed by atoms with Gasteiger partial charge in [-0.25, -0.2) is 13.2 Å². The van der Waals surface area contributed by atoms with Crippen molar-refractivity contribution in [3.05, 3.63) is 22.7 Å². The normalized spacial score (nSPS) is 22.0. The summed E-state index contributed by atoms with van der Waals surface area (Å²) in [4.78, 5) is 12.7. The van der Waals surface area contributed by atoms with Crippen molar-refractivity contribution in [2.45, 2.75) is 10.9 Å². The van der Waals surface area contributed by atoms with Gasteiger partial charge in [-0.15, -0.1) is 0 Å². The number of carbonyl (C=O) groups is 1. The smallest absolute Gasteiger partial charge is 0.327 e. The number of likely N-dealkylation sites (N-methyl/N-ethyl adjacent to an activating group) is 1. The van der Waals surface area contributed by atoms with E-state index < -0.39 is 27.6 Å². The molecule has 7 heteroatoms. The van der Waals surface area contributed by atoms with Gasteiger partial charge in [-0.05, 0) is 18.2 Å². The molecule has 0 amide bonds. The summed E-state index contributed by atoms with van der Waals surface area (Å²) in [6.07, 6.45) is 0. The quantitative estimate of drug-likeness (QED) is 0.839. The summed E-state index contributed by atoms with van der Waals surface area (Å²) in [7, 11) is -1.95. The molecular weight excluding hydrogens is 310 g/mol. The molecule has 1 aliphatic rings. The van der Waals surface area contributed by atoms with Crippen LogP contribution in [0.4, 0.5) is 5.69 Å². The maximum Gasteiger partial charge on any atom is 0.327 e. The van der Waals surface area contributed by atoms with Crippen LogP contribution in [0.2, 0.25) is 0 Å². The van der Waals surface area contributed by atoms with E-state index in [-0.39, 0.29) is 4.90 Å². The van der Waals surface area contributed by atoms with E-state index in [9.17, 15) is 13.2 Å². The lowest BCUT2D eigenvalue weighted by atomic mass is 10.2. The number of rotatable bonds is 1. The van der Waals surface area contributed by atoms with Crippen LogP contribution >= 0.6 is 15.9 Å². The Morgan fingerprint density at radius 3 is 2.76 bits per heavy atom. The van der Waals surface area contributed by atoms with Crippen LogP contribution in [0.15, 0.2) is 27.6 Å². The molecule has 0 aliphatic carbocycles. The molecular formula is C10H10BrNO4S.